The third kappa shape index (κ3) is 5.19. The van der Waals surface area contributed by atoms with Crippen LogP contribution in [0.3, 0.4) is 0 Å². The van der Waals surface area contributed by atoms with Gasteiger partial charge < -0.3 is 10.1 Å². The van der Waals surface area contributed by atoms with Gasteiger partial charge in [0.05, 0.1) is 11.9 Å². The van der Waals surface area contributed by atoms with E-state index in [0.29, 0.717) is 23.5 Å². The Hall–Kier alpha value is -2.61. The maximum atomic E-state index is 12.9. The summed E-state index contributed by atoms with van der Waals surface area (Å²) in [4.78, 5) is 12.3. The number of amides is 1. The van der Waals surface area contributed by atoms with Gasteiger partial charge in [-0.25, -0.2) is 12.8 Å². The van der Waals surface area contributed by atoms with Gasteiger partial charge in [0, 0.05) is 12.7 Å². The smallest absolute Gasteiger partial charge is 0.265 e. The third-order valence-electron chi connectivity index (χ3n) is 3.75. The Kier molecular flexibility index (Phi) is 6.20. The number of halogens is 1. The largest absolute Gasteiger partial charge is 0.481 e. The van der Waals surface area contributed by atoms with Crippen LogP contribution in [0, 0.1) is 5.82 Å². The number of nitrogens with zero attached hydrogens (tertiary/aromatic N) is 1. The molecule has 0 fully saturated rings. The van der Waals surface area contributed by atoms with Gasteiger partial charge in [0.2, 0.25) is 10.0 Å². The Bertz CT molecular complexity index is 852. The lowest BCUT2D eigenvalue weighted by Crippen LogP contribution is -2.32. The first-order valence-corrected chi connectivity index (χ1v) is 9.82. The minimum absolute atomic E-state index is 0.351. The van der Waals surface area contributed by atoms with Gasteiger partial charge in [-0.1, -0.05) is 6.92 Å². The topological polar surface area (TPSA) is 75.7 Å². The molecular weight excluding hydrogens is 359 g/mol. The fourth-order valence-electron chi connectivity index (χ4n) is 2.17. The van der Waals surface area contributed by atoms with E-state index in [4.69, 9.17) is 4.74 Å². The number of carbonyl (C=O) groups is 1. The molecule has 1 unspecified atom stereocenters. The molecule has 0 aliphatic carbocycles. The first-order valence-electron chi connectivity index (χ1n) is 7.97. The fourth-order valence-corrected chi connectivity index (χ4v) is 2.67. The van der Waals surface area contributed by atoms with E-state index in [-0.39, 0.29) is 11.7 Å². The van der Waals surface area contributed by atoms with Crippen LogP contribution in [0.25, 0.3) is 0 Å². The Morgan fingerprint density at radius 2 is 1.73 bits per heavy atom. The van der Waals surface area contributed by atoms with Crippen LogP contribution in [0.5, 0.6) is 5.75 Å². The quantitative estimate of drug-likeness (QED) is 0.801. The Morgan fingerprint density at radius 3 is 2.23 bits per heavy atom. The van der Waals surface area contributed by atoms with Crippen LogP contribution < -0.4 is 14.4 Å². The summed E-state index contributed by atoms with van der Waals surface area (Å²) < 4.78 is 42.8. The van der Waals surface area contributed by atoms with E-state index < -0.39 is 16.1 Å². The number of hydrogen-bond donors (Lipinski definition) is 1. The number of nitrogens with one attached hydrogen (secondary N) is 1. The third-order valence-corrected chi connectivity index (χ3v) is 4.96. The van der Waals surface area contributed by atoms with Crippen LogP contribution in [-0.2, 0) is 14.8 Å². The summed E-state index contributed by atoms with van der Waals surface area (Å²) in [6.45, 7) is 1.81. The van der Waals surface area contributed by atoms with Crippen molar-refractivity contribution in [1.29, 1.82) is 0 Å². The summed E-state index contributed by atoms with van der Waals surface area (Å²) in [6.07, 6.45) is 0.807. The second-order valence-corrected chi connectivity index (χ2v) is 7.75. The molecule has 0 aliphatic heterocycles. The summed E-state index contributed by atoms with van der Waals surface area (Å²) in [6, 6.07) is 11.9. The number of anilines is 2. The summed E-state index contributed by atoms with van der Waals surface area (Å²) in [5.74, 6) is -0.293. The van der Waals surface area contributed by atoms with Gasteiger partial charge in [-0.15, -0.1) is 0 Å². The molecule has 0 heterocycles. The standard InChI is InChI=1S/C18H21FN2O4S/c1-4-17(18(22)20-14-7-5-13(19)6-8-14)25-16-11-9-15(10-12-16)21(2)26(3,23)24/h5-12,17H,4H2,1-3H3,(H,20,22). The van der Waals surface area contributed by atoms with Crippen LogP contribution in [-0.4, -0.2) is 33.7 Å². The molecule has 2 aromatic rings. The van der Waals surface area contributed by atoms with Crippen molar-refractivity contribution in [2.75, 3.05) is 22.9 Å². The molecular formula is C18H21FN2O4S. The molecule has 0 spiro atoms. The van der Waals surface area contributed by atoms with Gasteiger partial charge in [0.25, 0.3) is 5.91 Å². The molecule has 8 heteroatoms. The lowest BCUT2D eigenvalue weighted by molar-refractivity contribution is -0.122. The van der Waals surface area contributed by atoms with Crippen LogP contribution in [0.1, 0.15) is 13.3 Å². The number of carbonyl (C=O) groups excluding carboxylic acids is 1. The highest BCUT2D eigenvalue weighted by atomic mass is 32.2. The molecule has 1 N–H and O–H groups in total. The molecule has 0 saturated heterocycles. The minimum Gasteiger partial charge on any atom is -0.481 e. The molecule has 0 saturated carbocycles. The summed E-state index contributed by atoms with van der Waals surface area (Å²) in [5.41, 5.74) is 0.965. The maximum Gasteiger partial charge on any atom is 0.265 e. The molecule has 140 valence electrons. The zero-order chi connectivity index (χ0) is 19.3. The predicted octanol–water partition coefficient (Wildman–Crippen LogP) is 3.02. The normalized spacial score (nSPS) is 12.3. The van der Waals surface area contributed by atoms with Crippen molar-refractivity contribution in [2.24, 2.45) is 0 Å². The van der Waals surface area contributed by atoms with E-state index >= 15 is 0 Å². The molecule has 2 aromatic carbocycles. The highest BCUT2D eigenvalue weighted by molar-refractivity contribution is 7.92. The van der Waals surface area contributed by atoms with E-state index in [1.165, 1.54) is 31.3 Å². The average Bonchev–Trinajstić information content (AvgIpc) is 2.60. The van der Waals surface area contributed by atoms with Gasteiger partial charge in [-0.2, -0.15) is 0 Å². The summed E-state index contributed by atoms with van der Waals surface area (Å²) in [7, 11) is -1.89. The summed E-state index contributed by atoms with van der Waals surface area (Å²) in [5, 5.41) is 2.67. The zero-order valence-electron chi connectivity index (χ0n) is 14.8. The number of hydrogen-bond acceptors (Lipinski definition) is 4. The van der Waals surface area contributed by atoms with Crippen molar-refractivity contribution in [3.63, 3.8) is 0 Å². The van der Waals surface area contributed by atoms with E-state index in [2.05, 4.69) is 5.32 Å². The second kappa shape index (κ2) is 8.18. The molecule has 6 nitrogen and oxygen atoms in total. The second-order valence-electron chi connectivity index (χ2n) is 5.74. The van der Waals surface area contributed by atoms with Crippen LogP contribution in [0.15, 0.2) is 48.5 Å². The van der Waals surface area contributed by atoms with Crippen LogP contribution in [0.4, 0.5) is 15.8 Å². The van der Waals surface area contributed by atoms with E-state index in [9.17, 15) is 17.6 Å². The average molecular weight is 380 g/mol. The number of benzene rings is 2. The van der Waals surface area contributed by atoms with Crippen molar-refractivity contribution in [1.82, 2.24) is 0 Å². The van der Waals surface area contributed by atoms with Gasteiger partial charge in [0.1, 0.15) is 11.6 Å². The van der Waals surface area contributed by atoms with Crippen LogP contribution >= 0.6 is 0 Å². The molecule has 0 aliphatic rings. The molecule has 2 rings (SSSR count). The fraction of sp³-hybridized carbons (Fsp3) is 0.278. The number of sulfonamides is 1. The molecule has 0 radical (unpaired) electrons. The lowest BCUT2D eigenvalue weighted by Gasteiger charge is -2.19. The van der Waals surface area contributed by atoms with E-state index in [1.807, 2.05) is 0 Å². The van der Waals surface area contributed by atoms with Gasteiger partial charge >= 0.3 is 0 Å². The first kappa shape index (κ1) is 19.7. The molecule has 1 amide bonds. The SMILES string of the molecule is CCC(Oc1ccc(N(C)S(C)(=O)=O)cc1)C(=O)Nc1ccc(F)cc1. The molecule has 1 atom stereocenters. The monoisotopic (exact) mass is 380 g/mol. The predicted molar refractivity (Wildman–Crippen MR) is 99.4 cm³/mol. The highest BCUT2D eigenvalue weighted by Gasteiger charge is 2.19. The van der Waals surface area contributed by atoms with Crippen LogP contribution in [0.2, 0.25) is 0 Å². The Labute approximate surface area is 152 Å². The zero-order valence-corrected chi connectivity index (χ0v) is 15.6. The Morgan fingerprint density at radius 1 is 1.15 bits per heavy atom. The first-order chi connectivity index (χ1) is 12.2. The van der Waals surface area contributed by atoms with Crippen molar-refractivity contribution in [2.45, 2.75) is 19.4 Å². The Balaban J connectivity index is 2.04. The number of rotatable bonds is 7. The number of ether oxygens (including phenoxy) is 1. The van der Waals surface area contributed by atoms with Crippen molar-refractivity contribution in [3.05, 3.63) is 54.3 Å². The van der Waals surface area contributed by atoms with Crippen molar-refractivity contribution >= 4 is 27.3 Å². The van der Waals surface area contributed by atoms with Gasteiger partial charge in [-0.05, 0) is 55.0 Å². The molecule has 0 aromatic heterocycles. The van der Waals surface area contributed by atoms with Gasteiger partial charge in [-0.3, -0.25) is 9.10 Å². The van der Waals surface area contributed by atoms with Gasteiger partial charge in [0.15, 0.2) is 6.10 Å². The molecule has 26 heavy (non-hydrogen) atoms. The summed E-state index contributed by atoms with van der Waals surface area (Å²) >= 11 is 0. The van der Waals surface area contributed by atoms with Crippen molar-refractivity contribution in [3.8, 4) is 5.75 Å². The minimum atomic E-state index is -3.35. The lowest BCUT2D eigenvalue weighted by atomic mass is 10.2. The maximum absolute atomic E-state index is 12.9. The molecule has 0 bridgehead atoms. The highest BCUT2D eigenvalue weighted by Crippen LogP contribution is 2.22. The van der Waals surface area contributed by atoms with E-state index in [0.717, 1.165) is 10.6 Å². The van der Waals surface area contributed by atoms with E-state index in [1.54, 1.807) is 31.2 Å². The van der Waals surface area contributed by atoms with Crippen molar-refractivity contribution < 1.29 is 22.3 Å².